The third kappa shape index (κ3) is 5.21. The Bertz CT molecular complexity index is 481. The average molecular weight is 292 g/mol. The van der Waals surface area contributed by atoms with Crippen molar-refractivity contribution in [3.05, 3.63) is 18.1 Å². The normalized spacial score (nSPS) is 21.9. The predicted octanol–water partition coefficient (Wildman–Crippen LogP) is 2.64. The number of carbonyl (C=O) groups excluding carboxylic acids is 1. The average Bonchev–Trinajstić information content (AvgIpc) is 2.77. The summed E-state index contributed by atoms with van der Waals surface area (Å²) in [6.45, 7) is 7.50. The lowest BCUT2D eigenvalue weighted by Crippen LogP contribution is -2.38. The molecule has 6 nitrogen and oxygen atoms in total. The molecule has 1 aromatic heterocycles. The first-order valence-electron chi connectivity index (χ1n) is 7.36. The van der Waals surface area contributed by atoms with Crippen LogP contribution in [0.15, 0.2) is 12.4 Å². The molecule has 2 N–H and O–H groups in total. The number of amides is 1. The lowest BCUT2D eigenvalue weighted by Gasteiger charge is -2.21. The van der Waals surface area contributed by atoms with Crippen LogP contribution in [0.1, 0.15) is 45.7 Å². The van der Waals surface area contributed by atoms with E-state index in [1.807, 2.05) is 27.7 Å². The van der Waals surface area contributed by atoms with Crippen LogP contribution in [0.2, 0.25) is 0 Å². The molecule has 0 aromatic carbocycles. The molecule has 6 heteroatoms. The topological polar surface area (TPSA) is 76.1 Å². The standard InChI is InChI=1S/C15H24N4O2/c1-10-8-17-13(9-16-10)18-11-5-6-12(7-11)19-14(20)21-15(2,3)4/h8-9,11-12H,5-7H2,1-4H3,(H,17,18)(H,19,20)/t11-,12-/m1/s1. The van der Waals surface area contributed by atoms with Crippen molar-refractivity contribution in [3.8, 4) is 0 Å². The molecule has 1 aromatic rings. The second-order valence-corrected chi connectivity index (χ2v) is 6.54. The molecule has 0 aliphatic heterocycles. The van der Waals surface area contributed by atoms with E-state index in [2.05, 4.69) is 20.6 Å². The van der Waals surface area contributed by atoms with Crippen LogP contribution in [0.4, 0.5) is 10.6 Å². The van der Waals surface area contributed by atoms with Crippen LogP contribution in [0.25, 0.3) is 0 Å². The highest BCUT2D eigenvalue weighted by atomic mass is 16.6. The molecule has 1 aliphatic rings. The fourth-order valence-electron chi connectivity index (χ4n) is 2.39. The summed E-state index contributed by atoms with van der Waals surface area (Å²) in [6, 6.07) is 0.456. The number of ether oxygens (including phenoxy) is 1. The molecule has 1 aliphatic carbocycles. The monoisotopic (exact) mass is 292 g/mol. The zero-order chi connectivity index (χ0) is 15.5. The van der Waals surface area contributed by atoms with Crippen molar-refractivity contribution in [2.24, 2.45) is 0 Å². The predicted molar refractivity (Wildman–Crippen MR) is 81.2 cm³/mol. The Morgan fingerprint density at radius 1 is 1.24 bits per heavy atom. The van der Waals surface area contributed by atoms with Crippen LogP contribution in [-0.2, 0) is 4.74 Å². The first-order chi connectivity index (χ1) is 9.82. The molecule has 0 bridgehead atoms. The third-order valence-corrected chi connectivity index (χ3v) is 3.29. The van der Waals surface area contributed by atoms with Crippen LogP contribution < -0.4 is 10.6 Å². The van der Waals surface area contributed by atoms with Crippen LogP contribution in [-0.4, -0.2) is 33.7 Å². The van der Waals surface area contributed by atoms with Gasteiger partial charge in [0.15, 0.2) is 0 Å². The second-order valence-electron chi connectivity index (χ2n) is 6.54. The van der Waals surface area contributed by atoms with Crippen molar-refractivity contribution in [1.29, 1.82) is 0 Å². The van der Waals surface area contributed by atoms with E-state index in [9.17, 15) is 4.79 Å². The Kier molecular flexibility index (Phi) is 4.65. The van der Waals surface area contributed by atoms with Crippen molar-refractivity contribution in [2.75, 3.05) is 5.32 Å². The van der Waals surface area contributed by atoms with Crippen molar-refractivity contribution in [1.82, 2.24) is 15.3 Å². The van der Waals surface area contributed by atoms with E-state index in [1.165, 1.54) is 0 Å². The maximum Gasteiger partial charge on any atom is 0.407 e. The molecular formula is C15H24N4O2. The van der Waals surface area contributed by atoms with Gasteiger partial charge in [0, 0.05) is 12.1 Å². The number of rotatable bonds is 3. The fraction of sp³-hybridized carbons (Fsp3) is 0.667. The summed E-state index contributed by atoms with van der Waals surface area (Å²) in [5.74, 6) is 0.781. The van der Waals surface area contributed by atoms with Gasteiger partial charge in [-0.25, -0.2) is 9.78 Å². The first kappa shape index (κ1) is 15.5. The van der Waals surface area contributed by atoms with Gasteiger partial charge in [0.2, 0.25) is 0 Å². The summed E-state index contributed by atoms with van der Waals surface area (Å²) in [5.41, 5.74) is 0.439. The van der Waals surface area contributed by atoms with Gasteiger partial charge in [0.05, 0.1) is 18.1 Å². The highest BCUT2D eigenvalue weighted by molar-refractivity contribution is 5.68. The molecule has 0 saturated heterocycles. The first-order valence-corrected chi connectivity index (χ1v) is 7.36. The second kappa shape index (κ2) is 6.28. The summed E-state index contributed by atoms with van der Waals surface area (Å²) in [4.78, 5) is 20.2. The molecule has 116 valence electrons. The minimum atomic E-state index is -0.460. The van der Waals surface area contributed by atoms with Gasteiger partial charge in [-0.2, -0.15) is 0 Å². The van der Waals surface area contributed by atoms with Crippen LogP contribution in [0.5, 0.6) is 0 Å². The number of hydrogen-bond acceptors (Lipinski definition) is 5. The zero-order valence-corrected chi connectivity index (χ0v) is 13.1. The molecular weight excluding hydrogens is 268 g/mol. The number of nitrogens with zero attached hydrogens (tertiary/aromatic N) is 2. The number of carbonyl (C=O) groups is 1. The SMILES string of the molecule is Cc1cnc(N[C@@H]2CC[C@@H](NC(=O)OC(C)(C)C)C2)cn1. The van der Waals surface area contributed by atoms with E-state index in [-0.39, 0.29) is 12.1 Å². The summed E-state index contributed by atoms with van der Waals surface area (Å²) >= 11 is 0. The minimum Gasteiger partial charge on any atom is -0.444 e. The van der Waals surface area contributed by atoms with E-state index >= 15 is 0 Å². The molecule has 1 amide bonds. The zero-order valence-electron chi connectivity index (χ0n) is 13.1. The van der Waals surface area contributed by atoms with Crippen molar-refractivity contribution < 1.29 is 9.53 Å². The summed E-state index contributed by atoms with van der Waals surface area (Å²) in [6.07, 6.45) is 5.95. The number of nitrogens with one attached hydrogen (secondary N) is 2. The molecule has 0 unspecified atom stereocenters. The Hall–Kier alpha value is -1.85. The van der Waals surface area contributed by atoms with E-state index < -0.39 is 5.60 Å². The van der Waals surface area contributed by atoms with Gasteiger partial charge in [-0.1, -0.05) is 0 Å². The lowest BCUT2D eigenvalue weighted by atomic mass is 10.2. The number of hydrogen-bond donors (Lipinski definition) is 2. The minimum absolute atomic E-state index is 0.149. The Labute approximate surface area is 125 Å². The number of anilines is 1. The Morgan fingerprint density at radius 3 is 2.57 bits per heavy atom. The summed E-state index contributed by atoms with van der Waals surface area (Å²) in [7, 11) is 0. The molecule has 2 rings (SSSR count). The van der Waals surface area contributed by atoms with E-state index in [0.717, 1.165) is 30.8 Å². The number of alkyl carbamates (subject to hydrolysis) is 1. The number of aryl methyl sites for hydroxylation is 1. The van der Waals surface area contributed by atoms with Gasteiger partial charge >= 0.3 is 6.09 Å². The third-order valence-electron chi connectivity index (χ3n) is 3.29. The molecule has 21 heavy (non-hydrogen) atoms. The van der Waals surface area contributed by atoms with Gasteiger partial charge in [0.1, 0.15) is 11.4 Å². The molecule has 1 saturated carbocycles. The summed E-state index contributed by atoms with van der Waals surface area (Å²) in [5, 5.41) is 6.28. The highest BCUT2D eigenvalue weighted by Gasteiger charge is 2.27. The number of aromatic nitrogens is 2. The largest absolute Gasteiger partial charge is 0.444 e. The van der Waals surface area contributed by atoms with E-state index in [4.69, 9.17) is 4.74 Å². The summed E-state index contributed by atoms with van der Waals surface area (Å²) < 4.78 is 5.27. The lowest BCUT2D eigenvalue weighted by molar-refractivity contribution is 0.0505. The van der Waals surface area contributed by atoms with Crippen molar-refractivity contribution >= 4 is 11.9 Å². The van der Waals surface area contributed by atoms with Gasteiger partial charge in [-0.3, -0.25) is 4.98 Å². The van der Waals surface area contributed by atoms with Gasteiger partial charge < -0.3 is 15.4 Å². The molecule has 0 spiro atoms. The maximum atomic E-state index is 11.7. The van der Waals surface area contributed by atoms with Gasteiger partial charge in [-0.05, 0) is 47.0 Å². The van der Waals surface area contributed by atoms with E-state index in [0.29, 0.717) is 6.04 Å². The van der Waals surface area contributed by atoms with Crippen molar-refractivity contribution in [3.63, 3.8) is 0 Å². The fourth-order valence-corrected chi connectivity index (χ4v) is 2.39. The van der Waals surface area contributed by atoms with Crippen LogP contribution in [0, 0.1) is 6.92 Å². The molecule has 0 radical (unpaired) electrons. The quantitative estimate of drug-likeness (QED) is 0.895. The smallest absolute Gasteiger partial charge is 0.407 e. The van der Waals surface area contributed by atoms with Crippen LogP contribution in [0.3, 0.4) is 0 Å². The Balaban J connectivity index is 1.78. The highest BCUT2D eigenvalue weighted by Crippen LogP contribution is 2.22. The maximum absolute atomic E-state index is 11.7. The van der Waals surface area contributed by atoms with Crippen molar-refractivity contribution in [2.45, 2.75) is 64.6 Å². The molecule has 1 fully saturated rings. The molecule has 2 atom stereocenters. The Morgan fingerprint density at radius 2 is 1.95 bits per heavy atom. The van der Waals surface area contributed by atoms with Gasteiger partial charge in [-0.15, -0.1) is 0 Å². The molecule has 1 heterocycles. The van der Waals surface area contributed by atoms with E-state index in [1.54, 1.807) is 12.4 Å². The van der Waals surface area contributed by atoms with Crippen LogP contribution >= 0.6 is 0 Å². The van der Waals surface area contributed by atoms with Gasteiger partial charge in [0.25, 0.3) is 0 Å².